The van der Waals surface area contributed by atoms with E-state index < -0.39 is 0 Å². The summed E-state index contributed by atoms with van der Waals surface area (Å²) < 4.78 is 10.7. The fourth-order valence-corrected chi connectivity index (χ4v) is 3.62. The van der Waals surface area contributed by atoms with Gasteiger partial charge in [0.2, 0.25) is 0 Å². The molecule has 0 aliphatic heterocycles. The van der Waals surface area contributed by atoms with Gasteiger partial charge in [-0.15, -0.1) is 11.3 Å². The molecule has 4 rings (SSSR count). The van der Waals surface area contributed by atoms with Crippen LogP contribution in [0.4, 0.5) is 16.5 Å². The van der Waals surface area contributed by atoms with E-state index in [4.69, 9.17) is 9.47 Å². The van der Waals surface area contributed by atoms with Gasteiger partial charge in [0.05, 0.1) is 12.8 Å². The van der Waals surface area contributed by atoms with E-state index in [9.17, 15) is 4.79 Å². The van der Waals surface area contributed by atoms with Crippen LogP contribution >= 0.6 is 11.3 Å². The number of nitrogens with one attached hydrogen (secondary N) is 2. The Bertz CT molecular complexity index is 1140. The molecule has 7 heteroatoms. The molecular weight excluding hydrogens is 410 g/mol. The van der Waals surface area contributed by atoms with Gasteiger partial charge >= 0.3 is 0 Å². The van der Waals surface area contributed by atoms with Crippen molar-refractivity contribution < 1.29 is 14.3 Å². The smallest absolute Gasteiger partial charge is 0.262 e. The first-order valence-electron chi connectivity index (χ1n) is 9.64. The second-order valence-corrected chi connectivity index (χ2v) is 7.48. The third kappa shape index (κ3) is 5.61. The molecule has 0 aliphatic carbocycles. The summed E-state index contributed by atoms with van der Waals surface area (Å²) in [4.78, 5) is 16.9. The maximum atomic E-state index is 12.2. The molecule has 0 unspecified atom stereocenters. The molecule has 1 amide bonds. The Morgan fingerprint density at radius 1 is 0.935 bits per heavy atom. The molecule has 0 fully saturated rings. The molecule has 2 N–H and O–H groups in total. The van der Waals surface area contributed by atoms with Crippen molar-refractivity contribution in [1.29, 1.82) is 0 Å². The van der Waals surface area contributed by atoms with Gasteiger partial charge in [0.1, 0.15) is 11.5 Å². The van der Waals surface area contributed by atoms with E-state index in [-0.39, 0.29) is 12.5 Å². The molecule has 3 aromatic carbocycles. The lowest BCUT2D eigenvalue weighted by atomic mass is 10.1. The number of nitrogens with zero attached hydrogens (tertiary/aromatic N) is 1. The quantitative estimate of drug-likeness (QED) is 0.381. The molecule has 0 atom stereocenters. The molecule has 0 saturated heterocycles. The Balaban J connectivity index is 1.38. The Kier molecular flexibility index (Phi) is 6.44. The largest absolute Gasteiger partial charge is 0.497 e. The van der Waals surface area contributed by atoms with Crippen LogP contribution in [0.3, 0.4) is 0 Å². The molecular formula is C24H21N3O3S. The van der Waals surface area contributed by atoms with Gasteiger partial charge in [0, 0.05) is 22.3 Å². The van der Waals surface area contributed by atoms with Gasteiger partial charge in [0.15, 0.2) is 11.7 Å². The van der Waals surface area contributed by atoms with Crippen LogP contribution in [0.2, 0.25) is 0 Å². The molecule has 156 valence electrons. The fraction of sp³-hybridized carbons (Fsp3) is 0.0833. The van der Waals surface area contributed by atoms with E-state index in [1.165, 1.54) is 11.3 Å². The fourth-order valence-electron chi connectivity index (χ4n) is 2.88. The average molecular weight is 432 g/mol. The second kappa shape index (κ2) is 9.77. The van der Waals surface area contributed by atoms with Gasteiger partial charge in [-0.3, -0.25) is 4.79 Å². The van der Waals surface area contributed by atoms with E-state index >= 15 is 0 Å². The lowest BCUT2D eigenvalue weighted by Gasteiger charge is -2.08. The number of carbonyl (C=O) groups excluding carboxylic acids is 1. The number of ether oxygens (including phenoxy) is 2. The molecule has 31 heavy (non-hydrogen) atoms. The number of anilines is 3. The average Bonchev–Trinajstić information content (AvgIpc) is 3.28. The molecule has 1 heterocycles. The normalized spacial score (nSPS) is 10.4. The summed E-state index contributed by atoms with van der Waals surface area (Å²) in [6, 6.07) is 24.5. The van der Waals surface area contributed by atoms with Crippen LogP contribution in [0.1, 0.15) is 0 Å². The van der Waals surface area contributed by atoms with Crippen molar-refractivity contribution in [2.75, 3.05) is 24.4 Å². The maximum Gasteiger partial charge on any atom is 0.262 e. The standard InChI is InChI=1S/C24H21N3O3S/c1-29-20-12-10-18(11-13-20)26-24-27-22(16-31-24)17-6-5-7-19(14-17)25-23(28)15-30-21-8-3-2-4-9-21/h2-14,16H,15H2,1H3,(H,25,28)(H,26,27). The minimum Gasteiger partial charge on any atom is -0.497 e. The van der Waals surface area contributed by atoms with Gasteiger partial charge in [-0.05, 0) is 48.5 Å². The van der Waals surface area contributed by atoms with Crippen molar-refractivity contribution in [1.82, 2.24) is 4.98 Å². The van der Waals surface area contributed by atoms with Crippen molar-refractivity contribution in [3.05, 3.63) is 84.2 Å². The number of aromatic nitrogens is 1. The van der Waals surface area contributed by atoms with Gasteiger partial charge in [-0.25, -0.2) is 4.98 Å². The number of rotatable bonds is 8. The Morgan fingerprint density at radius 3 is 2.52 bits per heavy atom. The van der Waals surface area contributed by atoms with Gasteiger partial charge in [0.25, 0.3) is 5.91 Å². The van der Waals surface area contributed by atoms with Gasteiger partial charge in [-0.2, -0.15) is 0 Å². The molecule has 0 saturated carbocycles. The van der Waals surface area contributed by atoms with Crippen LogP contribution in [0, 0.1) is 0 Å². The lowest BCUT2D eigenvalue weighted by Crippen LogP contribution is -2.20. The van der Waals surface area contributed by atoms with Crippen molar-refractivity contribution >= 4 is 33.8 Å². The van der Waals surface area contributed by atoms with E-state index in [0.717, 1.165) is 27.8 Å². The number of carbonyl (C=O) groups is 1. The molecule has 6 nitrogen and oxygen atoms in total. The van der Waals surface area contributed by atoms with E-state index in [0.29, 0.717) is 11.4 Å². The summed E-state index contributed by atoms with van der Waals surface area (Å²) in [5.41, 5.74) is 3.37. The van der Waals surface area contributed by atoms with Crippen molar-refractivity contribution in [3.8, 4) is 22.8 Å². The zero-order valence-corrected chi connectivity index (χ0v) is 17.7. The van der Waals surface area contributed by atoms with Gasteiger partial charge in [-0.1, -0.05) is 30.3 Å². The molecule has 0 radical (unpaired) electrons. The van der Waals surface area contributed by atoms with Crippen LogP contribution < -0.4 is 20.1 Å². The second-order valence-electron chi connectivity index (χ2n) is 6.62. The van der Waals surface area contributed by atoms with Crippen LogP contribution in [0.25, 0.3) is 11.3 Å². The summed E-state index contributed by atoms with van der Waals surface area (Å²) in [5, 5.41) is 8.91. The number of hydrogen-bond donors (Lipinski definition) is 2. The summed E-state index contributed by atoms with van der Waals surface area (Å²) in [6.45, 7) is -0.0547. The summed E-state index contributed by atoms with van der Waals surface area (Å²) >= 11 is 1.51. The van der Waals surface area contributed by atoms with Crippen molar-refractivity contribution in [2.24, 2.45) is 0 Å². The van der Waals surface area contributed by atoms with Crippen LogP contribution in [0.15, 0.2) is 84.2 Å². The minimum absolute atomic E-state index is 0.0547. The molecule has 1 aromatic heterocycles. The summed E-state index contributed by atoms with van der Waals surface area (Å²) in [7, 11) is 1.64. The highest BCUT2D eigenvalue weighted by molar-refractivity contribution is 7.14. The first-order chi connectivity index (χ1) is 15.2. The molecule has 0 aliphatic rings. The van der Waals surface area contributed by atoms with Crippen LogP contribution in [-0.4, -0.2) is 24.6 Å². The van der Waals surface area contributed by atoms with Crippen LogP contribution in [0.5, 0.6) is 11.5 Å². The number of amides is 1. The van der Waals surface area contributed by atoms with Crippen LogP contribution in [-0.2, 0) is 4.79 Å². The SMILES string of the molecule is COc1ccc(Nc2nc(-c3cccc(NC(=O)COc4ccccc4)c3)cs2)cc1. The highest BCUT2D eigenvalue weighted by atomic mass is 32.1. The Hall–Kier alpha value is -3.84. The van der Waals surface area contributed by atoms with E-state index in [2.05, 4.69) is 15.6 Å². The maximum absolute atomic E-state index is 12.2. The highest BCUT2D eigenvalue weighted by Crippen LogP contribution is 2.29. The number of thiazole rings is 1. The predicted octanol–water partition coefficient (Wildman–Crippen LogP) is 5.58. The Labute approximate surface area is 184 Å². The first-order valence-corrected chi connectivity index (χ1v) is 10.5. The first kappa shape index (κ1) is 20.4. The van der Waals surface area contributed by atoms with E-state index in [1.807, 2.05) is 84.2 Å². The summed E-state index contributed by atoms with van der Waals surface area (Å²) in [5.74, 6) is 1.24. The zero-order valence-electron chi connectivity index (χ0n) is 16.9. The highest BCUT2D eigenvalue weighted by Gasteiger charge is 2.08. The Morgan fingerprint density at radius 2 is 1.74 bits per heavy atom. The third-order valence-electron chi connectivity index (χ3n) is 4.40. The molecule has 0 bridgehead atoms. The topological polar surface area (TPSA) is 72.5 Å². The monoisotopic (exact) mass is 431 g/mol. The molecule has 0 spiro atoms. The minimum atomic E-state index is -0.221. The number of hydrogen-bond acceptors (Lipinski definition) is 6. The third-order valence-corrected chi connectivity index (χ3v) is 5.16. The number of benzene rings is 3. The lowest BCUT2D eigenvalue weighted by molar-refractivity contribution is -0.118. The summed E-state index contributed by atoms with van der Waals surface area (Å²) in [6.07, 6.45) is 0. The van der Waals surface area contributed by atoms with Crippen molar-refractivity contribution in [3.63, 3.8) is 0 Å². The number of methoxy groups -OCH3 is 1. The van der Waals surface area contributed by atoms with E-state index in [1.54, 1.807) is 7.11 Å². The molecule has 4 aromatic rings. The number of para-hydroxylation sites is 1. The van der Waals surface area contributed by atoms with Gasteiger partial charge < -0.3 is 20.1 Å². The zero-order chi connectivity index (χ0) is 21.5. The van der Waals surface area contributed by atoms with Crippen molar-refractivity contribution in [2.45, 2.75) is 0 Å². The predicted molar refractivity (Wildman–Crippen MR) is 124 cm³/mol.